The molecule has 0 aliphatic heterocycles. The molecule has 0 aliphatic carbocycles. The van der Waals surface area contributed by atoms with Crippen molar-refractivity contribution in [2.24, 2.45) is 7.05 Å². The molecule has 1 aromatic rings. The molecule has 0 aromatic carbocycles. The summed E-state index contributed by atoms with van der Waals surface area (Å²) >= 11 is 0. The minimum atomic E-state index is -2.93. The first-order chi connectivity index (χ1) is 6.80. The van der Waals surface area contributed by atoms with E-state index in [-0.39, 0.29) is 5.56 Å². The highest BCUT2D eigenvalue weighted by molar-refractivity contribution is 5.93. The first-order valence-corrected chi connectivity index (χ1v) is 4.48. The van der Waals surface area contributed by atoms with Gasteiger partial charge in [-0.25, -0.2) is 8.78 Å². The lowest BCUT2D eigenvalue weighted by atomic mass is 10.2. The maximum Gasteiger partial charge on any atom is 0.264 e. The van der Waals surface area contributed by atoms with Crippen molar-refractivity contribution in [2.75, 3.05) is 0 Å². The van der Waals surface area contributed by atoms with Crippen LogP contribution in [0.25, 0.3) is 0 Å². The molecule has 1 atom stereocenters. The number of hydrogen-bond acceptors (Lipinski definition) is 2. The maximum absolute atomic E-state index is 12.8. The number of amides is 1. The van der Waals surface area contributed by atoms with Crippen LogP contribution in [-0.4, -0.2) is 27.7 Å². The summed E-state index contributed by atoms with van der Waals surface area (Å²) < 4.78 is 27.0. The van der Waals surface area contributed by atoms with E-state index in [2.05, 4.69) is 10.4 Å². The highest BCUT2D eigenvalue weighted by Gasteiger charge is 2.31. The molecule has 1 aromatic heterocycles. The van der Waals surface area contributed by atoms with Gasteiger partial charge in [-0.3, -0.25) is 9.48 Å². The number of alkyl halides is 2. The van der Waals surface area contributed by atoms with Gasteiger partial charge in [0, 0.05) is 20.2 Å². The Labute approximate surface area is 86.3 Å². The monoisotopic (exact) mass is 217 g/mol. The Balaban J connectivity index is 2.64. The van der Waals surface area contributed by atoms with E-state index in [0.29, 0.717) is 0 Å². The Morgan fingerprint density at radius 3 is 2.67 bits per heavy atom. The third kappa shape index (κ3) is 3.00. The highest BCUT2D eigenvalue weighted by Crippen LogP contribution is 2.16. The van der Waals surface area contributed by atoms with Crippen molar-refractivity contribution in [1.82, 2.24) is 15.1 Å². The van der Waals surface area contributed by atoms with Crippen LogP contribution in [0.2, 0.25) is 0 Å². The van der Waals surface area contributed by atoms with Crippen molar-refractivity contribution in [3.05, 3.63) is 18.0 Å². The lowest BCUT2D eigenvalue weighted by molar-refractivity contribution is -0.0108. The molecule has 4 nitrogen and oxygen atoms in total. The second kappa shape index (κ2) is 3.96. The summed E-state index contributed by atoms with van der Waals surface area (Å²) in [5.41, 5.74) is 0.272. The van der Waals surface area contributed by atoms with Crippen LogP contribution in [0.5, 0.6) is 0 Å². The van der Waals surface area contributed by atoms with Gasteiger partial charge < -0.3 is 5.32 Å². The molecule has 15 heavy (non-hydrogen) atoms. The smallest absolute Gasteiger partial charge is 0.264 e. The fraction of sp³-hybridized carbons (Fsp3) is 0.556. The van der Waals surface area contributed by atoms with E-state index in [1.165, 1.54) is 24.0 Å². The molecule has 6 heteroatoms. The molecule has 0 saturated carbocycles. The molecule has 0 spiro atoms. The third-order valence-corrected chi connectivity index (χ3v) is 2.08. The van der Waals surface area contributed by atoms with Gasteiger partial charge in [0.1, 0.15) is 0 Å². The summed E-state index contributed by atoms with van der Waals surface area (Å²) in [4.78, 5) is 11.4. The molecule has 1 amide bonds. The highest BCUT2D eigenvalue weighted by atomic mass is 19.3. The second-order valence-electron chi connectivity index (χ2n) is 3.55. The molecular weight excluding hydrogens is 204 g/mol. The van der Waals surface area contributed by atoms with Gasteiger partial charge in [0.25, 0.3) is 11.8 Å². The van der Waals surface area contributed by atoms with Gasteiger partial charge in [0.2, 0.25) is 0 Å². The van der Waals surface area contributed by atoms with Crippen LogP contribution in [-0.2, 0) is 7.05 Å². The predicted molar refractivity (Wildman–Crippen MR) is 50.8 cm³/mol. The van der Waals surface area contributed by atoms with Gasteiger partial charge in [-0.05, 0) is 6.92 Å². The van der Waals surface area contributed by atoms with Crippen LogP contribution in [0.3, 0.4) is 0 Å². The van der Waals surface area contributed by atoms with E-state index in [1.54, 1.807) is 7.05 Å². The molecule has 0 unspecified atom stereocenters. The van der Waals surface area contributed by atoms with Gasteiger partial charge in [0.05, 0.1) is 17.8 Å². The van der Waals surface area contributed by atoms with Gasteiger partial charge in [-0.15, -0.1) is 0 Å². The average Bonchev–Trinajstić information content (AvgIpc) is 2.50. The van der Waals surface area contributed by atoms with Crippen molar-refractivity contribution in [1.29, 1.82) is 0 Å². The molecule has 0 saturated heterocycles. The summed E-state index contributed by atoms with van der Waals surface area (Å²) in [6.07, 6.45) is 2.80. The van der Waals surface area contributed by atoms with Crippen molar-refractivity contribution in [3.8, 4) is 0 Å². The van der Waals surface area contributed by atoms with E-state index in [1.807, 2.05) is 0 Å². The average molecular weight is 217 g/mol. The van der Waals surface area contributed by atoms with Crippen LogP contribution < -0.4 is 5.32 Å². The molecule has 0 fully saturated rings. The number of nitrogens with one attached hydrogen (secondary N) is 1. The first kappa shape index (κ1) is 11.6. The number of aromatic nitrogens is 2. The number of carbonyl (C=O) groups is 1. The molecule has 0 aliphatic rings. The maximum atomic E-state index is 12.8. The van der Waals surface area contributed by atoms with Crippen molar-refractivity contribution in [2.45, 2.75) is 25.8 Å². The topological polar surface area (TPSA) is 46.9 Å². The normalized spacial score (nSPS) is 13.7. The van der Waals surface area contributed by atoms with Crippen LogP contribution in [0.15, 0.2) is 12.4 Å². The van der Waals surface area contributed by atoms with Crippen molar-refractivity contribution in [3.63, 3.8) is 0 Å². The molecular formula is C9H13F2N3O. The van der Waals surface area contributed by atoms with E-state index in [4.69, 9.17) is 0 Å². The zero-order valence-corrected chi connectivity index (χ0v) is 8.79. The molecule has 1 N–H and O–H groups in total. The zero-order valence-electron chi connectivity index (χ0n) is 8.79. The minimum absolute atomic E-state index is 0.272. The molecule has 84 valence electrons. The third-order valence-electron chi connectivity index (χ3n) is 2.08. The Bertz CT molecular complexity index is 356. The number of rotatable bonds is 3. The van der Waals surface area contributed by atoms with Crippen LogP contribution in [0.1, 0.15) is 24.2 Å². The zero-order chi connectivity index (χ0) is 11.6. The van der Waals surface area contributed by atoms with Gasteiger partial charge in [0.15, 0.2) is 0 Å². The summed E-state index contributed by atoms with van der Waals surface area (Å²) in [7, 11) is 1.65. The number of carbonyl (C=O) groups excluding carboxylic acids is 1. The SMILES string of the molecule is C[C@@H](NC(=O)c1cnn(C)c1)C(C)(F)F. The minimum Gasteiger partial charge on any atom is -0.343 e. The van der Waals surface area contributed by atoms with Gasteiger partial charge >= 0.3 is 0 Å². The fourth-order valence-electron chi connectivity index (χ4n) is 0.945. The summed E-state index contributed by atoms with van der Waals surface area (Å²) in [6, 6.07) is -1.20. The Morgan fingerprint density at radius 2 is 2.27 bits per heavy atom. The quantitative estimate of drug-likeness (QED) is 0.826. The number of aryl methyl sites for hydroxylation is 1. The largest absolute Gasteiger partial charge is 0.343 e. The van der Waals surface area contributed by atoms with E-state index >= 15 is 0 Å². The Kier molecular flexibility index (Phi) is 3.06. The first-order valence-electron chi connectivity index (χ1n) is 4.48. The number of halogens is 2. The van der Waals surface area contributed by atoms with Crippen molar-refractivity contribution >= 4 is 5.91 Å². The standard InChI is InChI=1S/C9H13F2N3O/c1-6(9(2,10)11)13-8(15)7-4-12-14(3)5-7/h4-6H,1-3H3,(H,13,15)/t6-/m1/s1. The second-order valence-corrected chi connectivity index (χ2v) is 3.55. The summed E-state index contributed by atoms with van der Waals surface area (Å²) in [5, 5.41) is 5.98. The van der Waals surface area contributed by atoms with Gasteiger partial charge in [-0.1, -0.05) is 0 Å². The molecule has 1 rings (SSSR count). The van der Waals surface area contributed by atoms with Gasteiger partial charge in [-0.2, -0.15) is 5.10 Å². The summed E-state index contributed by atoms with van der Waals surface area (Å²) in [5.74, 6) is -3.48. The lowest BCUT2D eigenvalue weighted by Crippen LogP contribution is -2.43. The summed E-state index contributed by atoms with van der Waals surface area (Å²) in [6.45, 7) is 2.02. The Morgan fingerprint density at radius 1 is 1.67 bits per heavy atom. The van der Waals surface area contributed by atoms with E-state index < -0.39 is 17.9 Å². The fourth-order valence-corrected chi connectivity index (χ4v) is 0.945. The molecule has 1 heterocycles. The Hall–Kier alpha value is -1.46. The number of nitrogens with zero attached hydrogens (tertiary/aromatic N) is 2. The van der Waals surface area contributed by atoms with Crippen molar-refractivity contribution < 1.29 is 13.6 Å². The molecule has 0 bridgehead atoms. The van der Waals surface area contributed by atoms with Crippen LogP contribution in [0.4, 0.5) is 8.78 Å². The predicted octanol–water partition coefficient (Wildman–Crippen LogP) is 1.19. The van der Waals surface area contributed by atoms with E-state index in [9.17, 15) is 13.6 Å². The van der Waals surface area contributed by atoms with E-state index in [0.717, 1.165) is 6.92 Å². The van der Waals surface area contributed by atoms with Crippen LogP contribution >= 0.6 is 0 Å². The lowest BCUT2D eigenvalue weighted by Gasteiger charge is -2.20. The number of hydrogen-bond donors (Lipinski definition) is 1. The van der Waals surface area contributed by atoms with Crippen LogP contribution in [0, 0.1) is 0 Å². The molecule has 0 radical (unpaired) electrons.